The van der Waals surface area contributed by atoms with Crippen LogP contribution >= 0.6 is 0 Å². The number of carbonyl (C=O) groups excluding carboxylic acids is 1. The Balaban J connectivity index is 1.36. The highest BCUT2D eigenvalue weighted by molar-refractivity contribution is 5.71. The van der Waals surface area contributed by atoms with Gasteiger partial charge in [-0.15, -0.1) is 0 Å². The molecule has 4 aliphatic rings. The highest BCUT2D eigenvalue weighted by Crippen LogP contribution is 2.55. The number of fused-ring (bicyclic) bond motifs is 1. The van der Waals surface area contributed by atoms with Crippen molar-refractivity contribution in [3.8, 4) is 0 Å². The third-order valence-electron chi connectivity index (χ3n) is 8.86. The number of ether oxygens (including phenoxy) is 2. The van der Waals surface area contributed by atoms with Crippen LogP contribution in [0.5, 0.6) is 0 Å². The van der Waals surface area contributed by atoms with Gasteiger partial charge in [0.25, 0.3) is 0 Å². The summed E-state index contributed by atoms with van der Waals surface area (Å²) in [6, 6.07) is 0. The zero-order chi connectivity index (χ0) is 25.0. The van der Waals surface area contributed by atoms with Crippen LogP contribution in [0.1, 0.15) is 90.9 Å². The van der Waals surface area contributed by atoms with E-state index in [-0.39, 0.29) is 30.2 Å². The van der Waals surface area contributed by atoms with Crippen LogP contribution in [0.15, 0.2) is 47.1 Å². The molecule has 0 radical (unpaired) electrons. The van der Waals surface area contributed by atoms with Gasteiger partial charge in [-0.2, -0.15) is 0 Å². The maximum atomic E-state index is 12.4. The number of allylic oxidation sites excluding steroid dienone is 4. The van der Waals surface area contributed by atoms with E-state index in [1.807, 2.05) is 0 Å². The molecule has 0 aromatic rings. The lowest BCUT2D eigenvalue weighted by Crippen LogP contribution is -2.35. The van der Waals surface area contributed by atoms with Crippen molar-refractivity contribution in [2.75, 3.05) is 6.61 Å². The van der Waals surface area contributed by atoms with Gasteiger partial charge in [-0.25, -0.2) is 4.79 Å². The molecule has 35 heavy (non-hydrogen) atoms. The van der Waals surface area contributed by atoms with Crippen LogP contribution in [0.25, 0.3) is 0 Å². The molecule has 0 aromatic heterocycles. The normalized spacial score (nSPS) is 35.5. The molecule has 2 N–H and O–H groups in total. The molecule has 0 bridgehead atoms. The number of hydrogen-bond acceptors (Lipinski definition) is 5. The van der Waals surface area contributed by atoms with E-state index in [1.165, 1.54) is 24.0 Å². The Morgan fingerprint density at radius 1 is 1.20 bits per heavy atom. The second kappa shape index (κ2) is 11.6. The number of esters is 1. The van der Waals surface area contributed by atoms with Crippen LogP contribution in [0, 0.1) is 11.3 Å². The van der Waals surface area contributed by atoms with Gasteiger partial charge in [0.2, 0.25) is 0 Å². The van der Waals surface area contributed by atoms with E-state index in [9.17, 15) is 15.0 Å². The lowest BCUT2D eigenvalue weighted by Gasteiger charge is -2.42. The predicted molar refractivity (Wildman–Crippen MR) is 138 cm³/mol. The first-order chi connectivity index (χ1) is 16.8. The molecule has 5 atom stereocenters. The lowest BCUT2D eigenvalue weighted by atomic mass is 9.63. The van der Waals surface area contributed by atoms with Crippen LogP contribution in [-0.2, 0) is 14.3 Å². The Kier molecular flexibility index (Phi) is 8.72. The molecule has 4 aliphatic carbocycles. The van der Waals surface area contributed by atoms with Gasteiger partial charge < -0.3 is 19.7 Å². The molecule has 0 spiro atoms. The largest absolute Gasteiger partial charge is 0.461 e. The highest BCUT2D eigenvalue weighted by atomic mass is 16.6. The van der Waals surface area contributed by atoms with E-state index in [2.05, 4.69) is 38.7 Å². The molecule has 3 saturated carbocycles. The lowest BCUT2D eigenvalue weighted by molar-refractivity contribution is -0.156. The average molecular weight is 485 g/mol. The first-order valence-corrected chi connectivity index (χ1v) is 13.7. The molecule has 0 aliphatic heterocycles. The fourth-order valence-electron chi connectivity index (χ4n) is 6.81. The van der Waals surface area contributed by atoms with Crippen LogP contribution in [-0.4, -0.2) is 47.2 Å². The fourth-order valence-corrected chi connectivity index (χ4v) is 6.81. The molecular formula is C30H44O5. The van der Waals surface area contributed by atoms with Crippen LogP contribution in [0.3, 0.4) is 0 Å². The summed E-state index contributed by atoms with van der Waals surface area (Å²) in [7, 11) is 0. The maximum absolute atomic E-state index is 12.4. The Hall–Kier alpha value is -1.69. The van der Waals surface area contributed by atoms with Gasteiger partial charge in [0.15, 0.2) is 0 Å². The molecule has 0 aromatic carbocycles. The minimum atomic E-state index is -0.660. The van der Waals surface area contributed by atoms with E-state index >= 15 is 0 Å². The van der Waals surface area contributed by atoms with Crippen molar-refractivity contribution < 1.29 is 24.5 Å². The quantitative estimate of drug-likeness (QED) is 0.287. The van der Waals surface area contributed by atoms with E-state index < -0.39 is 12.2 Å². The van der Waals surface area contributed by atoms with Gasteiger partial charge in [0.1, 0.15) is 12.7 Å². The van der Waals surface area contributed by atoms with Gasteiger partial charge in [0.05, 0.1) is 18.3 Å². The van der Waals surface area contributed by atoms with Crippen molar-refractivity contribution in [3.05, 3.63) is 47.1 Å². The predicted octanol–water partition coefficient (Wildman–Crippen LogP) is 5.72. The van der Waals surface area contributed by atoms with Gasteiger partial charge in [-0.05, 0) is 92.8 Å². The molecular weight excluding hydrogens is 440 g/mol. The van der Waals surface area contributed by atoms with Crippen molar-refractivity contribution in [1.29, 1.82) is 0 Å². The molecule has 4 rings (SSSR count). The van der Waals surface area contributed by atoms with Crippen LogP contribution in [0.2, 0.25) is 0 Å². The number of aliphatic hydroxyl groups is 2. The van der Waals surface area contributed by atoms with E-state index in [1.54, 1.807) is 0 Å². The van der Waals surface area contributed by atoms with Crippen LogP contribution in [0.4, 0.5) is 0 Å². The van der Waals surface area contributed by atoms with Crippen molar-refractivity contribution in [1.82, 2.24) is 0 Å². The van der Waals surface area contributed by atoms with Gasteiger partial charge in [0, 0.05) is 6.42 Å². The topological polar surface area (TPSA) is 76.0 Å². The molecule has 194 valence electrons. The minimum absolute atomic E-state index is 0.0112. The molecule has 3 fully saturated rings. The SMILES string of the molecule is C=C1C(=CC=C2CCC[C@]3(C)C([C@H](C)OCC(=O)OC4CCCCCC4)=CC[C@@H]23)C[C@@H](O)C[C@@H]1O. The standard InChI is InChI=1S/C30H44O5/c1-20-23(17-24(31)18-28(20)32)13-12-22-9-8-16-30(3)26(14-15-27(22)30)21(2)34-19-29(33)35-25-10-6-4-5-7-11-25/h12-14,21,24-25,27-28,31-32H,1,4-11,15-19H2,2-3H3/t21-,24+,27-,28-,30+/m0/s1. The Morgan fingerprint density at radius 2 is 1.94 bits per heavy atom. The first kappa shape index (κ1) is 26.4. The third kappa shape index (κ3) is 6.18. The summed E-state index contributed by atoms with van der Waals surface area (Å²) in [5.41, 5.74) is 4.42. The number of rotatable bonds is 6. The molecule has 5 nitrogen and oxygen atoms in total. The molecule has 0 amide bonds. The first-order valence-electron chi connectivity index (χ1n) is 13.7. The average Bonchev–Trinajstić information content (AvgIpc) is 2.98. The Morgan fingerprint density at radius 3 is 2.69 bits per heavy atom. The smallest absolute Gasteiger partial charge is 0.332 e. The van der Waals surface area contributed by atoms with Crippen LogP contribution < -0.4 is 0 Å². The fraction of sp³-hybridized carbons (Fsp3) is 0.700. The Labute approximate surface area is 211 Å². The zero-order valence-corrected chi connectivity index (χ0v) is 21.6. The number of carbonyl (C=O) groups is 1. The van der Waals surface area contributed by atoms with E-state index in [4.69, 9.17) is 9.47 Å². The molecule has 5 heteroatoms. The van der Waals surface area contributed by atoms with Crippen molar-refractivity contribution >= 4 is 5.97 Å². The number of hydrogen-bond donors (Lipinski definition) is 2. The molecule has 0 saturated heterocycles. The second-order valence-electron chi connectivity index (χ2n) is 11.3. The maximum Gasteiger partial charge on any atom is 0.332 e. The summed E-state index contributed by atoms with van der Waals surface area (Å²) >= 11 is 0. The summed E-state index contributed by atoms with van der Waals surface area (Å²) in [5, 5.41) is 20.2. The highest BCUT2D eigenvalue weighted by Gasteiger charge is 2.46. The van der Waals surface area contributed by atoms with Crippen molar-refractivity contribution in [3.63, 3.8) is 0 Å². The second-order valence-corrected chi connectivity index (χ2v) is 11.3. The van der Waals surface area contributed by atoms with Crippen molar-refractivity contribution in [2.24, 2.45) is 11.3 Å². The van der Waals surface area contributed by atoms with E-state index in [0.717, 1.165) is 62.5 Å². The molecule has 0 heterocycles. The van der Waals surface area contributed by atoms with Gasteiger partial charge in [-0.1, -0.05) is 50.1 Å². The molecule has 0 unspecified atom stereocenters. The summed E-state index contributed by atoms with van der Waals surface area (Å²) in [6.07, 6.45) is 17.3. The van der Waals surface area contributed by atoms with E-state index in [0.29, 0.717) is 18.8 Å². The van der Waals surface area contributed by atoms with Gasteiger partial charge >= 0.3 is 5.97 Å². The monoisotopic (exact) mass is 484 g/mol. The minimum Gasteiger partial charge on any atom is -0.461 e. The van der Waals surface area contributed by atoms with Crippen molar-refractivity contribution in [2.45, 2.75) is 115 Å². The van der Waals surface area contributed by atoms with Gasteiger partial charge in [-0.3, -0.25) is 0 Å². The zero-order valence-electron chi connectivity index (χ0n) is 21.6. The summed E-state index contributed by atoms with van der Waals surface area (Å²) in [4.78, 5) is 12.4. The number of aliphatic hydroxyl groups excluding tert-OH is 2. The Bertz CT molecular complexity index is 875. The summed E-state index contributed by atoms with van der Waals surface area (Å²) in [5.74, 6) is 0.177. The summed E-state index contributed by atoms with van der Waals surface area (Å²) < 4.78 is 11.8. The summed E-state index contributed by atoms with van der Waals surface area (Å²) in [6.45, 7) is 8.46. The third-order valence-corrected chi connectivity index (χ3v) is 8.86.